The van der Waals surface area contributed by atoms with Gasteiger partial charge in [-0.2, -0.15) is 0 Å². The molecule has 0 bridgehead atoms. The van der Waals surface area contributed by atoms with E-state index in [1.807, 2.05) is 0 Å². The Kier molecular flexibility index (Phi) is 7.37. The summed E-state index contributed by atoms with van der Waals surface area (Å²) in [5.41, 5.74) is 3.25. The molecule has 218 valence electrons. The van der Waals surface area contributed by atoms with E-state index in [0.717, 1.165) is 19.3 Å². The predicted octanol–water partition coefficient (Wildman–Crippen LogP) is 7.48. The van der Waals surface area contributed by atoms with Gasteiger partial charge < -0.3 is 0 Å². The lowest BCUT2D eigenvalue weighted by Gasteiger charge is -2.46. The Morgan fingerprint density at radius 3 is 1.98 bits per heavy atom. The van der Waals surface area contributed by atoms with Gasteiger partial charge in [0.05, 0.1) is 5.67 Å². The summed E-state index contributed by atoms with van der Waals surface area (Å²) in [5.74, 6) is 1.06. The van der Waals surface area contributed by atoms with Crippen molar-refractivity contribution >= 4 is 24.7 Å². The van der Waals surface area contributed by atoms with E-state index in [2.05, 4.69) is 169 Å². The highest BCUT2D eigenvalue weighted by molar-refractivity contribution is 7.04. The standard InChI is InChI=1S/C41H40N2Si/c1-5-15-31(16-6-1)32-25-27-36(28-26-32)44(34-19-9-3-10-20-34,35-21-11-4-12-22-35)41-29-38-37-23-13-14-24-39(37)43(40(38)30-42-41)33-17-7-2-8-18-33/h1-17,19-21,23-28,30,33,35,37-41H,18,22,29H2. The third-order valence-electron chi connectivity index (χ3n) is 10.8. The van der Waals surface area contributed by atoms with Crippen LogP contribution in [0.3, 0.4) is 0 Å². The maximum atomic E-state index is 5.70. The van der Waals surface area contributed by atoms with Gasteiger partial charge in [0.25, 0.3) is 0 Å². The summed E-state index contributed by atoms with van der Waals surface area (Å²) in [4.78, 5) is 8.48. The number of hydrogen-bond donors (Lipinski definition) is 0. The third kappa shape index (κ3) is 4.61. The highest BCUT2D eigenvalue weighted by Gasteiger charge is 2.56. The minimum atomic E-state index is -2.47. The first-order chi connectivity index (χ1) is 21.8. The van der Waals surface area contributed by atoms with Crippen LogP contribution >= 0.6 is 0 Å². The van der Waals surface area contributed by atoms with Crippen LogP contribution in [0.1, 0.15) is 19.3 Å². The van der Waals surface area contributed by atoms with E-state index in [1.165, 1.54) is 21.5 Å². The molecule has 0 N–H and O–H groups in total. The van der Waals surface area contributed by atoms with E-state index in [9.17, 15) is 0 Å². The average molecular weight is 589 g/mol. The molecule has 0 spiro atoms. The number of likely N-dealkylation sites (tertiary alicyclic amines) is 1. The minimum Gasteiger partial charge on any atom is -0.295 e. The zero-order valence-electron chi connectivity index (χ0n) is 25.1. The first-order valence-electron chi connectivity index (χ1n) is 16.4. The summed E-state index contributed by atoms with van der Waals surface area (Å²) < 4.78 is 0. The summed E-state index contributed by atoms with van der Waals surface area (Å²) >= 11 is 0. The highest BCUT2D eigenvalue weighted by atomic mass is 28.3. The van der Waals surface area contributed by atoms with Gasteiger partial charge in [0.1, 0.15) is 0 Å². The summed E-state index contributed by atoms with van der Waals surface area (Å²) in [6, 6.07) is 33.1. The summed E-state index contributed by atoms with van der Waals surface area (Å²) in [5, 5.41) is 3.00. The van der Waals surface area contributed by atoms with Crippen LogP contribution < -0.4 is 10.4 Å². The molecule has 3 aliphatic carbocycles. The molecule has 2 nitrogen and oxygen atoms in total. The summed E-state index contributed by atoms with van der Waals surface area (Å²) in [6.07, 6.45) is 33.7. The molecule has 5 aliphatic rings. The Balaban J connectivity index is 1.26. The van der Waals surface area contributed by atoms with E-state index in [-0.39, 0.29) is 5.67 Å². The molecule has 8 unspecified atom stereocenters. The van der Waals surface area contributed by atoms with Crippen molar-refractivity contribution < 1.29 is 0 Å². The average Bonchev–Trinajstić information content (AvgIpc) is 3.44. The molecule has 2 aliphatic heterocycles. The molecule has 8 rings (SSSR count). The van der Waals surface area contributed by atoms with Crippen LogP contribution in [-0.4, -0.2) is 43.0 Å². The van der Waals surface area contributed by atoms with Crippen molar-refractivity contribution in [3.05, 3.63) is 158 Å². The SMILES string of the molecule is C1=CCC(N2C3C=CC=CC3C3CC([Si](c4ccccc4)(c4ccc(-c5ccccc5)cc4)C4C=CC=CC4)N=CC32)C=C1. The van der Waals surface area contributed by atoms with Gasteiger partial charge in [0.15, 0.2) is 8.07 Å². The maximum Gasteiger partial charge on any atom is 0.150 e. The topological polar surface area (TPSA) is 15.6 Å². The van der Waals surface area contributed by atoms with Gasteiger partial charge in [0, 0.05) is 30.3 Å². The number of allylic oxidation sites excluding steroid dienone is 8. The number of fused-ring (bicyclic) bond motifs is 3. The monoisotopic (exact) mass is 588 g/mol. The van der Waals surface area contributed by atoms with Crippen molar-refractivity contribution in [2.75, 3.05) is 0 Å². The van der Waals surface area contributed by atoms with Crippen molar-refractivity contribution in [1.29, 1.82) is 0 Å². The Labute approximate surface area is 263 Å². The fraction of sp³-hybridized carbons (Fsp3) is 0.244. The lowest BCUT2D eigenvalue weighted by molar-refractivity contribution is 0.198. The maximum absolute atomic E-state index is 5.70. The van der Waals surface area contributed by atoms with Crippen molar-refractivity contribution in [3.8, 4) is 11.1 Å². The molecule has 0 aromatic heterocycles. The second-order valence-electron chi connectivity index (χ2n) is 12.9. The molecule has 8 atom stereocenters. The normalized spacial score (nSPS) is 31.5. The minimum absolute atomic E-state index is 0.261. The second-order valence-corrected chi connectivity index (χ2v) is 17.2. The number of rotatable bonds is 6. The number of benzene rings is 3. The Morgan fingerprint density at radius 2 is 1.25 bits per heavy atom. The van der Waals surface area contributed by atoms with Gasteiger partial charge in [-0.1, -0.05) is 168 Å². The molecule has 1 fully saturated rings. The molecule has 3 aromatic carbocycles. The molecule has 3 aromatic rings. The predicted molar refractivity (Wildman–Crippen MR) is 188 cm³/mol. The lowest BCUT2D eigenvalue weighted by atomic mass is 9.82. The molecule has 44 heavy (non-hydrogen) atoms. The smallest absolute Gasteiger partial charge is 0.150 e. The highest BCUT2D eigenvalue weighted by Crippen LogP contribution is 2.47. The van der Waals surface area contributed by atoms with E-state index in [1.54, 1.807) is 0 Å². The fourth-order valence-electron chi connectivity index (χ4n) is 8.91. The van der Waals surface area contributed by atoms with Crippen LogP contribution in [0.15, 0.2) is 163 Å². The lowest BCUT2D eigenvalue weighted by Crippen LogP contribution is -2.70. The van der Waals surface area contributed by atoms with E-state index in [4.69, 9.17) is 4.99 Å². The molecule has 0 saturated carbocycles. The van der Waals surface area contributed by atoms with Gasteiger partial charge in [-0.3, -0.25) is 9.89 Å². The van der Waals surface area contributed by atoms with Crippen molar-refractivity contribution in [2.24, 2.45) is 16.8 Å². The van der Waals surface area contributed by atoms with Gasteiger partial charge in [-0.15, -0.1) is 0 Å². The van der Waals surface area contributed by atoms with Crippen LogP contribution in [0.25, 0.3) is 11.1 Å². The zero-order chi connectivity index (χ0) is 29.3. The largest absolute Gasteiger partial charge is 0.295 e. The van der Waals surface area contributed by atoms with Crippen molar-refractivity contribution in [1.82, 2.24) is 4.90 Å². The van der Waals surface area contributed by atoms with Crippen LogP contribution in [-0.2, 0) is 0 Å². The van der Waals surface area contributed by atoms with E-state index < -0.39 is 8.07 Å². The first-order valence-corrected chi connectivity index (χ1v) is 18.5. The molecular weight excluding hydrogens is 549 g/mol. The number of hydrogen-bond acceptors (Lipinski definition) is 2. The van der Waals surface area contributed by atoms with E-state index >= 15 is 0 Å². The van der Waals surface area contributed by atoms with Crippen LogP contribution in [0, 0.1) is 11.8 Å². The Hall–Kier alpha value is -4.05. The second kappa shape index (κ2) is 11.8. The molecule has 0 amide bonds. The van der Waals surface area contributed by atoms with Crippen LogP contribution in [0.5, 0.6) is 0 Å². The summed E-state index contributed by atoms with van der Waals surface area (Å²) in [6.45, 7) is 0. The Bertz CT molecular complexity index is 1680. The van der Waals surface area contributed by atoms with Gasteiger partial charge in [-0.05, 0) is 41.8 Å². The van der Waals surface area contributed by atoms with Gasteiger partial charge >= 0.3 is 0 Å². The van der Waals surface area contributed by atoms with E-state index in [0.29, 0.717) is 35.5 Å². The molecular formula is C41H40N2Si. The van der Waals surface area contributed by atoms with Crippen LogP contribution in [0.4, 0.5) is 0 Å². The van der Waals surface area contributed by atoms with Crippen molar-refractivity contribution in [3.63, 3.8) is 0 Å². The zero-order valence-corrected chi connectivity index (χ0v) is 26.1. The van der Waals surface area contributed by atoms with Crippen LogP contribution in [0.2, 0.25) is 5.54 Å². The quantitative estimate of drug-likeness (QED) is 0.273. The Morgan fingerprint density at radius 1 is 0.591 bits per heavy atom. The molecule has 0 radical (unpaired) electrons. The third-order valence-corrected chi connectivity index (χ3v) is 16.4. The number of nitrogens with zero attached hydrogens (tertiary/aromatic N) is 2. The van der Waals surface area contributed by atoms with Gasteiger partial charge in [-0.25, -0.2) is 0 Å². The molecule has 1 saturated heterocycles. The van der Waals surface area contributed by atoms with Gasteiger partial charge in [0.2, 0.25) is 0 Å². The first kappa shape index (κ1) is 27.5. The number of aliphatic imine (C=N–C) groups is 1. The molecule has 2 heterocycles. The summed E-state index contributed by atoms with van der Waals surface area (Å²) in [7, 11) is -2.47. The molecule has 3 heteroatoms. The fourth-order valence-corrected chi connectivity index (χ4v) is 14.7. The van der Waals surface area contributed by atoms with Crippen molar-refractivity contribution in [2.45, 2.75) is 48.6 Å².